The fraction of sp³-hybridized carbons (Fsp3) is 0.444. The van der Waals surface area contributed by atoms with Crippen LogP contribution in [-0.4, -0.2) is 51.4 Å². The quantitative estimate of drug-likeness (QED) is 0.433. The average molecular weight is 493 g/mol. The molecule has 35 heavy (non-hydrogen) atoms. The molecule has 0 saturated carbocycles. The van der Waals surface area contributed by atoms with Crippen LogP contribution in [0.4, 0.5) is 4.39 Å². The van der Waals surface area contributed by atoms with Gasteiger partial charge in [0.15, 0.2) is 5.78 Å². The fourth-order valence-electron chi connectivity index (χ4n) is 5.10. The summed E-state index contributed by atoms with van der Waals surface area (Å²) in [6.45, 7) is 2.35. The molecule has 3 rings (SSSR count). The second-order valence-electron chi connectivity index (χ2n) is 9.29. The molecule has 194 valence electrons. The summed E-state index contributed by atoms with van der Waals surface area (Å²) in [5.74, 6) is -2.68. The highest BCUT2D eigenvalue weighted by Gasteiger charge is 2.35. The number of carbonyl (C=O) groups excluding carboxylic acids is 3. The van der Waals surface area contributed by atoms with Crippen molar-refractivity contribution in [2.75, 3.05) is 13.2 Å². The minimum atomic E-state index is -0.795. The number of phenols is 1. The Labute approximate surface area is 206 Å². The molecule has 0 fully saturated rings. The lowest BCUT2D eigenvalue weighted by Gasteiger charge is -2.31. The number of aliphatic hydroxyl groups is 2. The van der Waals surface area contributed by atoms with Crippen LogP contribution in [0, 0.1) is 30.5 Å². The molecule has 7 nitrogen and oxygen atoms in total. The molecule has 1 aliphatic carbocycles. The van der Waals surface area contributed by atoms with E-state index in [1.54, 1.807) is 25.1 Å². The van der Waals surface area contributed by atoms with Gasteiger partial charge in [-0.15, -0.1) is 0 Å². The number of benzene rings is 2. The number of aliphatic hydroxyl groups excluding tert-OH is 2. The SMILES string of the molecule is CC(=O)CC(=O)C(CO)C(CCO)CC1CC(=O)c2c(O)ccc(-c3ccc(F)c(C)c3)c2C1.O.[HH].[HH]. The lowest BCUT2D eigenvalue weighted by Crippen LogP contribution is -2.32. The van der Waals surface area contributed by atoms with Crippen molar-refractivity contribution in [2.24, 2.45) is 17.8 Å². The highest BCUT2D eigenvalue weighted by Crippen LogP contribution is 2.41. The van der Waals surface area contributed by atoms with Gasteiger partial charge in [0.2, 0.25) is 0 Å². The van der Waals surface area contributed by atoms with Crippen LogP contribution in [0.5, 0.6) is 5.75 Å². The maximum Gasteiger partial charge on any atom is 0.167 e. The van der Waals surface area contributed by atoms with Crippen molar-refractivity contribution in [1.82, 2.24) is 0 Å². The highest BCUT2D eigenvalue weighted by molar-refractivity contribution is 6.03. The number of ketones is 3. The third-order valence-corrected chi connectivity index (χ3v) is 6.74. The molecule has 0 spiro atoms. The monoisotopic (exact) mass is 492 g/mol. The zero-order chi connectivity index (χ0) is 25.0. The van der Waals surface area contributed by atoms with Gasteiger partial charge in [0.1, 0.15) is 23.1 Å². The number of carbonyl (C=O) groups is 3. The average Bonchev–Trinajstić information content (AvgIpc) is 2.76. The smallest absolute Gasteiger partial charge is 0.167 e. The standard InChI is InChI=1S/C27H31FO6.H2O.2H2/c1-15-9-18(3-5-23(15)28)20-4-6-24(32)27-21(20)12-17(13-26(27)34)11-19(7-8-29)22(14-30)25(33)10-16(2)31;;;/h3-6,9,17,19,22,29-30,32H,7-8,10-14H2,1-2H3;1H2;2*1H. The second kappa shape index (κ2) is 12.2. The molecule has 5 N–H and O–H groups in total. The molecule has 0 radical (unpaired) electrons. The number of aromatic hydroxyl groups is 1. The third kappa shape index (κ3) is 6.39. The van der Waals surface area contributed by atoms with Gasteiger partial charge in [0.25, 0.3) is 0 Å². The van der Waals surface area contributed by atoms with Crippen molar-refractivity contribution < 1.29 is 42.4 Å². The number of phenolic OH excluding ortho intramolecular Hbond substituents is 1. The number of Topliss-reactive ketones (excluding diaryl/α,β-unsaturated/α-hetero) is 3. The molecule has 0 heterocycles. The van der Waals surface area contributed by atoms with E-state index in [9.17, 15) is 34.1 Å². The van der Waals surface area contributed by atoms with Gasteiger partial charge in [-0.3, -0.25) is 14.4 Å². The van der Waals surface area contributed by atoms with Gasteiger partial charge < -0.3 is 20.8 Å². The topological polar surface area (TPSA) is 143 Å². The van der Waals surface area contributed by atoms with E-state index in [-0.39, 0.29) is 74.6 Å². The fourth-order valence-corrected chi connectivity index (χ4v) is 5.10. The summed E-state index contributed by atoms with van der Waals surface area (Å²) in [4.78, 5) is 37.0. The van der Waals surface area contributed by atoms with Crippen LogP contribution in [-0.2, 0) is 16.0 Å². The van der Waals surface area contributed by atoms with Gasteiger partial charge in [-0.25, -0.2) is 4.39 Å². The van der Waals surface area contributed by atoms with E-state index in [1.807, 2.05) is 0 Å². The normalized spacial score (nSPS) is 16.7. The first kappa shape index (κ1) is 28.3. The van der Waals surface area contributed by atoms with Crippen LogP contribution >= 0.6 is 0 Å². The Morgan fingerprint density at radius 2 is 1.89 bits per heavy atom. The number of aryl methyl sites for hydroxylation is 1. The Balaban J connectivity index is 0.00000432. The highest BCUT2D eigenvalue weighted by atomic mass is 19.1. The first-order valence-corrected chi connectivity index (χ1v) is 11.5. The molecule has 8 heteroatoms. The summed E-state index contributed by atoms with van der Waals surface area (Å²) < 4.78 is 13.8. The van der Waals surface area contributed by atoms with E-state index in [4.69, 9.17) is 0 Å². The summed E-state index contributed by atoms with van der Waals surface area (Å²) in [5.41, 5.74) is 2.88. The van der Waals surface area contributed by atoms with E-state index < -0.39 is 18.4 Å². The summed E-state index contributed by atoms with van der Waals surface area (Å²) >= 11 is 0. The number of fused-ring (bicyclic) bond motifs is 1. The lowest BCUT2D eigenvalue weighted by molar-refractivity contribution is -0.131. The summed E-state index contributed by atoms with van der Waals surface area (Å²) in [5, 5.41) is 29.9. The first-order chi connectivity index (χ1) is 16.2. The Morgan fingerprint density at radius 3 is 2.49 bits per heavy atom. The molecule has 2 aromatic carbocycles. The molecule has 1 aliphatic rings. The number of rotatable bonds is 10. The predicted octanol–water partition coefficient (Wildman–Crippen LogP) is 3.46. The Morgan fingerprint density at radius 1 is 1.17 bits per heavy atom. The van der Waals surface area contributed by atoms with Crippen LogP contribution in [0.1, 0.15) is 56.9 Å². The Kier molecular flexibility index (Phi) is 9.82. The number of hydrogen-bond donors (Lipinski definition) is 3. The van der Waals surface area contributed by atoms with E-state index in [2.05, 4.69) is 0 Å². The van der Waals surface area contributed by atoms with Crippen molar-refractivity contribution in [2.45, 2.75) is 46.0 Å². The third-order valence-electron chi connectivity index (χ3n) is 6.74. The zero-order valence-electron chi connectivity index (χ0n) is 20.0. The molecule has 0 bridgehead atoms. The van der Waals surface area contributed by atoms with E-state index in [1.165, 1.54) is 19.1 Å². The molecule has 0 saturated heterocycles. The zero-order valence-corrected chi connectivity index (χ0v) is 20.0. The lowest BCUT2D eigenvalue weighted by atomic mass is 9.72. The first-order valence-electron chi connectivity index (χ1n) is 11.5. The molecule has 3 atom stereocenters. The molecule has 2 aromatic rings. The van der Waals surface area contributed by atoms with Crippen molar-refractivity contribution in [1.29, 1.82) is 0 Å². The van der Waals surface area contributed by atoms with Crippen LogP contribution in [0.15, 0.2) is 30.3 Å². The molecular formula is C27H37FO7. The summed E-state index contributed by atoms with van der Waals surface area (Å²) in [6, 6.07) is 7.90. The van der Waals surface area contributed by atoms with Gasteiger partial charge in [0.05, 0.1) is 18.6 Å². The molecule has 0 aliphatic heterocycles. The molecule has 0 aromatic heterocycles. The minimum absolute atomic E-state index is 0. The summed E-state index contributed by atoms with van der Waals surface area (Å²) in [6.07, 6.45) is 0.992. The van der Waals surface area contributed by atoms with Crippen LogP contribution < -0.4 is 0 Å². The maximum absolute atomic E-state index is 13.8. The van der Waals surface area contributed by atoms with Crippen LogP contribution in [0.2, 0.25) is 0 Å². The van der Waals surface area contributed by atoms with Gasteiger partial charge in [-0.05, 0) is 85.4 Å². The maximum atomic E-state index is 13.8. The van der Waals surface area contributed by atoms with Gasteiger partial charge >= 0.3 is 0 Å². The number of halogens is 1. The Hall–Kier alpha value is -2.94. The van der Waals surface area contributed by atoms with Gasteiger partial charge in [-0.1, -0.05) is 12.1 Å². The Bertz CT molecular complexity index is 1110. The van der Waals surface area contributed by atoms with Crippen molar-refractivity contribution >= 4 is 17.3 Å². The van der Waals surface area contributed by atoms with Crippen LogP contribution in [0.3, 0.4) is 0 Å². The van der Waals surface area contributed by atoms with Crippen molar-refractivity contribution in [3.8, 4) is 16.9 Å². The molecule has 3 unspecified atom stereocenters. The van der Waals surface area contributed by atoms with E-state index >= 15 is 0 Å². The van der Waals surface area contributed by atoms with Gasteiger partial charge in [-0.2, -0.15) is 0 Å². The van der Waals surface area contributed by atoms with E-state index in [0.717, 1.165) is 11.1 Å². The van der Waals surface area contributed by atoms with Crippen LogP contribution in [0.25, 0.3) is 11.1 Å². The predicted molar refractivity (Wildman–Crippen MR) is 133 cm³/mol. The van der Waals surface area contributed by atoms with Crippen molar-refractivity contribution in [3.63, 3.8) is 0 Å². The number of hydrogen-bond acceptors (Lipinski definition) is 6. The second-order valence-corrected chi connectivity index (χ2v) is 9.29. The minimum Gasteiger partial charge on any atom is -0.507 e. The van der Waals surface area contributed by atoms with Gasteiger partial charge in [0, 0.05) is 21.8 Å². The molecule has 0 amide bonds. The summed E-state index contributed by atoms with van der Waals surface area (Å²) in [7, 11) is 0. The van der Waals surface area contributed by atoms with E-state index in [0.29, 0.717) is 24.0 Å². The van der Waals surface area contributed by atoms with Crippen molar-refractivity contribution in [3.05, 3.63) is 52.8 Å². The molecular weight excluding hydrogens is 455 g/mol. The largest absolute Gasteiger partial charge is 0.507 e.